The van der Waals surface area contributed by atoms with Gasteiger partial charge in [0, 0.05) is 23.9 Å². The minimum Gasteiger partial charge on any atom is -0.493 e. The second kappa shape index (κ2) is 4.83. The molecule has 0 saturated carbocycles. The average molecular weight is 313 g/mol. The van der Waals surface area contributed by atoms with Crippen LogP contribution in [0.4, 0.5) is 0 Å². The molecule has 2 heterocycles. The van der Waals surface area contributed by atoms with Crippen LogP contribution in [0.1, 0.15) is 24.0 Å². The molecule has 1 unspecified atom stereocenters. The highest BCUT2D eigenvalue weighted by Crippen LogP contribution is 2.36. The Bertz CT molecular complexity index is 453. The Morgan fingerprint density at radius 2 is 2.22 bits per heavy atom. The van der Waals surface area contributed by atoms with Crippen LogP contribution >= 0.6 is 15.9 Å². The van der Waals surface area contributed by atoms with Crippen LogP contribution < -0.4 is 4.74 Å². The molecule has 1 atom stereocenters. The zero-order chi connectivity index (χ0) is 12.6. The Labute approximate surface area is 115 Å². The fraction of sp³-hybridized carbons (Fsp3) is 0.571. The van der Waals surface area contributed by atoms with E-state index in [0.717, 1.165) is 48.3 Å². The summed E-state index contributed by atoms with van der Waals surface area (Å²) >= 11 is 3.53. The molecule has 3 nitrogen and oxygen atoms in total. The summed E-state index contributed by atoms with van der Waals surface area (Å²) in [7, 11) is 0. The van der Waals surface area contributed by atoms with Gasteiger partial charge in [0.2, 0.25) is 0 Å². The van der Waals surface area contributed by atoms with Gasteiger partial charge in [-0.3, -0.25) is 0 Å². The van der Waals surface area contributed by atoms with Crippen LogP contribution in [0, 0.1) is 0 Å². The molecular formula is C14H17BrO3. The zero-order valence-corrected chi connectivity index (χ0v) is 11.8. The van der Waals surface area contributed by atoms with Crippen molar-refractivity contribution in [2.45, 2.75) is 31.3 Å². The fourth-order valence-electron chi connectivity index (χ4n) is 2.81. The molecule has 1 fully saturated rings. The maximum atomic E-state index is 10.6. The third-order valence-corrected chi connectivity index (χ3v) is 4.10. The van der Waals surface area contributed by atoms with Crippen LogP contribution in [0.25, 0.3) is 0 Å². The Balaban J connectivity index is 1.88. The van der Waals surface area contributed by atoms with Gasteiger partial charge in [0.25, 0.3) is 0 Å². The third kappa shape index (κ3) is 2.42. The van der Waals surface area contributed by atoms with Gasteiger partial charge in [-0.15, -0.1) is 0 Å². The topological polar surface area (TPSA) is 38.7 Å². The minimum atomic E-state index is -0.737. The van der Waals surface area contributed by atoms with Crippen molar-refractivity contribution in [1.82, 2.24) is 0 Å². The first-order chi connectivity index (χ1) is 8.66. The third-order valence-electron chi connectivity index (χ3n) is 3.65. The quantitative estimate of drug-likeness (QED) is 0.911. The first-order valence-corrected chi connectivity index (χ1v) is 7.20. The van der Waals surface area contributed by atoms with Gasteiger partial charge in [0.05, 0.1) is 18.8 Å². The molecule has 3 rings (SSSR count). The van der Waals surface area contributed by atoms with E-state index in [1.54, 1.807) is 0 Å². The van der Waals surface area contributed by atoms with Crippen molar-refractivity contribution in [1.29, 1.82) is 0 Å². The second-order valence-corrected chi connectivity index (χ2v) is 6.12. The average Bonchev–Trinajstić information content (AvgIpc) is 2.77. The van der Waals surface area contributed by atoms with E-state index in [-0.39, 0.29) is 0 Å². The molecule has 2 aliphatic rings. The van der Waals surface area contributed by atoms with Crippen LogP contribution in [-0.2, 0) is 17.6 Å². The standard InChI is InChI=1S/C14H17BrO3/c15-12-6-10-2-5-18-13(10)11(7-12)8-14(16)3-1-4-17-9-14/h6-7,16H,1-5,8-9H2. The summed E-state index contributed by atoms with van der Waals surface area (Å²) < 4.78 is 12.2. The largest absolute Gasteiger partial charge is 0.493 e. The molecule has 1 aromatic rings. The molecule has 4 heteroatoms. The lowest BCUT2D eigenvalue weighted by Gasteiger charge is -2.32. The van der Waals surface area contributed by atoms with Crippen LogP contribution in [-0.4, -0.2) is 30.5 Å². The lowest BCUT2D eigenvalue weighted by Crippen LogP contribution is -2.40. The van der Waals surface area contributed by atoms with E-state index in [1.807, 2.05) is 0 Å². The molecule has 98 valence electrons. The Hall–Kier alpha value is -0.580. The second-order valence-electron chi connectivity index (χ2n) is 5.21. The molecule has 1 aromatic carbocycles. The van der Waals surface area contributed by atoms with Crippen molar-refractivity contribution in [2.75, 3.05) is 19.8 Å². The number of halogens is 1. The molecule has 18 heavy (non-hydrogen) atoms. The number of benzene rings is 1. The Morgan fingerprint density at radius 1 is 1.33 bits per heavy atom. The maximum Gasteiger partial charge on any atom is 0.125 e. The molecule has 0 spiro atoms. The SMILES string of the molecule is OC1(Cc2cc(Br)cc3c2OCC3)CCCOC1. The smallest absolute Gasteiger partial charge is 0.125 e. The highest BCUT2D eigenvalue weighted by molar-refractivity contribution is 9.10. The lowest BCUT2D eigenvalue weighted by atomic mass is 9.88. The van der Waals surface area contributed by atoms with E-state index in [0.29, 0.717) is 13.0 Å². The van der Waals surface area contributed by atoms with Crippen LogP contribution in [0.3, 0.4) is 0 Å². The van der Waals surface area contributed by atoms with E-state index in [9.17, 15) is 5.11 Å². The molecule has 2 aliphatic heterocycles. The predicted molar refractivity (Wildman–Crippen MR) is 72.0 cm³/mol. The molecule has 1 N–H and O–H groups in total. The van der Waals surface area contributed by atoms with Gasteiger partial charge in [0.1, 0.15) is 5.75 Å². The number of ether oxygens (including phenoxy) is 2. The highest BCUT2D eigenvalue weighted by atomic mass is 79.9. The van der Waals surface area contributed by atoms with Crippen LogP contribution in [0.5, 0.6) is 5.75 Å². The van der Waals surface area contributed by atoms with Gasteiger partial charge in [-0.05, 0) is 36.1 Å². The lowest BCUT2D eigenvalue weighted by molar-refractivity contribution is -0.0846. The number of hydrogen-bond donors (Lipinski definition) is 1. The molecular weight excluding hydrogens is 296 g/mol. The summed E-state index contributed by atoms with van der Waals surface area (Å²) in [6.45, 7) is 1.93. The number of hydrogen-bond acceptors (Lipinski definition) is 3. The van der Waals surface area contributed by atoms with E-state index >= 15 is 0 Å². The Kier molecular flexibility index (Phi) is 3.34. The van der Waals surface area contributed by atoms with Crippen LogP contribution in [0.15, 0.2) is 16.6 Å². The minimum absolute atomic E-state index is 0.425. The van der Waals surface area contributed by atoms with Crippen molar-refractivity contribution in [2.24, 2.45) is 0 Å². The molecule has 0 radical (unpaired) electrons. The van der Waals surface area contributed by atoms with Gasteiger partial charge >= 0.3 is 0 Å². The first kappa shape index (κ1) is 12.5. The zero-order valence-electron chi connectivity index (χ0n) is 10.2. The van der Waals surface area contributed by atoms with Crippen molar-refractivity contribution in [3.05, 3.63) is 27.7 Å². The van der Waals surface area contributed by atoms with Crippen molar-refractivity contribution in [3.63, 3.8) is 0 Å². The summed E-state index contributed by atoms with van der Waals surface area (Å²) in [5.41, 5.74) is 1.59. The summed E-state index contributed by atoms with van der Waals surface area (Å²) in [5, 5.41) is 10.6. The van der Waals surface area contributed by atoms with Crippen molar-refractivity contribution in [3.8, 4) is 5.75 Å². The fourth-order valence-corrected chi connectivity index (χ4v) is 3.36. The Morgan fingerprint density at radius 3 is 3.00 bits per heavy atom. The van der Waals surface area contributed by atoms with Crippen LogP contribution in [0.2, 0.25) is 0 Å². The first-order valence-electron chi connectivity index (χ1n) is 6.41. The maximum absolute atomic E-state index is 10.6. The molecule has 0 aliphatic carbocycles. The normalized spacial score (nSPS) is 26.8. The number of rotatable bonds is 2. The van der Waals surface area contributed by atoms with Gasteiger partial charge in [-0.2, -0.15) is 0 Å². The molecule has 1 saturated heterocycles. The molecule has 0 bridgehead atoms. The summed E-state index contributed by atoms with van der Waals surface area (Å²) in [5.74, 6) is 0.970. The molecule has 0 amide bonds. The predicted octanol–water partition coefficient (Wildman–Crippen LogP) is 2.47. The summed E-state index contributed by atoms with van der Waals surface area (Å²) in [4.78, 5) is 0. The highest BCUT2D eigenvalue weighted by Gasteiger charge is 2.32. The van der Waals surface area contributed by atoms with Gasteiger partial charge in [-0.25, -0.2) is 0 Å². The van der Waals surface area contributed by atoms with E-state index in [4.69, 9.17) is 9.47 Å². The van der Waals surface area contributed by atoms with E-state index in [2.05, 4.69) is 28.1 Å². The van der Waals surface area contributed by atoms with Gasteiger partial charge in [0.15, 0.2) is 0 Å². The van der Waals surface area contributed by atoms with Crippen molar-refractivity contribution < 1.29 is 14.6 Å². The molecule has 0 aromatic heterocycles. The van der Waals surface area contributed by atoms with Gasteiger partial charge in [-0.1, -0.05) is 15.9 Å². The summed E-state index contributed by atoms with van der Waals surface area (Å²) in [6, 6.07) is 4.16. The van der Waals surface area contributed by atoms with Crippen molar-refractivity contribution >= 4 is 15.9 Å². The van der Waals surface area contributed by atoms with Gasteiger partial charge < -0.3 is 14.6 Å². The van der Waals surface area contributed by atoms with E-state index < -0.39 is 5.60 Å². The number of aliphatic hydroxyl groups is 1. The van der Waals surface area contributed by atoms with E-state index in [1.165, 1.54) is 5.56 Å². The summed E-state index contributed by atoms with van der Waals surface area (Å²) in [6.07, 6.45) is 3.29. The number of fused-ring (bicyclic) bond motifs is 1. The monoisotopic (exact) mass is 312 g/mol.